The maximum atomic E-state index is 11.1. The molecule has 0 N–H and O–H groups in total. The molecule has 1 rings (SSSR count). The van der Waals surface area contributed by atoms with Crippen molar-refractivity contribution in [1.29, 1.82) is 0 Å². The van der Waals surface area contributed by atoms with Gasteiger partial charge in [-0.2, -0.15) is 12.6 Å². The molecule has 1 saturated carbocycles. The van der Waals surface area contributed by atoms with E-state index in [4.69, 9.17) is 4.74 Å². The summed E-state index contributed by atoms with van der Waals surface area (Å²) in [7, 11) is 0. The third-order valence-corrected chi connectivity index (χ3v) is 2.84. The van der Waals surface area contributed by atoms with Gasteiger partial charge in [0.1, 0.15) is 6.61 Å². The molecule has 0 aromatic rings. The van der Waals surface area contributed by atoms with Gasteiger partial charge < -0.3 is 4.74 Å². The van der Waals surface area contributed by atoms with E-state index in [1.165, 1.54) is 0 Å². The van der Waals surface area contributed by atoms with Gasteiger partial charge in [0.25, 0.3) is 0 Å². The molecule has 1 aliphatic carbocycles. The van der Waals surface area contributed by atoms with Crippen molar-refractivity contribution < 1.29 is 9.53 Å². The van der Waals surface area contributed by atoms with Crippen molar-refractivity contribution in [2.75, 3.05) is 12.4 Å². The minimum absolute atomic E-state index is 0. The summed E-state index contributed by atoms with van der Waals surface area (Å²) in [5.41, 5.74) is 0.168. The average Bonchev–Trinajstić information content (AvgIpc) is 2.82. The first-order valence-corrected chi connectivity index (χ1v) is 4.73. The summed E-state index contributed by atoms with van der Waals surface area (Å²) in [5.74, 6) is 0.664. The summed E-state index contributed by atoms with van der Waals surface area (Å²) in [6.07, 6.45) is 4.32. The zero-order valence-electron chi connectivity index (χ0n) is 7.08. The number of carbonyl (C=O) groups is 1. The van der Waals surface area contributed by atoms with E-state index >= 15 is 0 Å². The molecule has 2 nitrogen and oxygen atoms in total. The second-order valence-electron chi connectivity index (χ2n) is 3.31. The number of esters is 1. The van der Waals surface area contributed by atoms with Gasteiger partial charge in [-0.3, -0.25) is 4.79 Å². The van der Waals surface area contributed by atoms with Gasteiger partial charge in [-0.05, 0) is 24.0 Å². The summed E-state index contributed by atoms with van der Waals surface area (Å²) in [6.45, 7) is 3.79. The van der Waals surface area contributed by atoms with Crippen LogP contribution in [0.2, 0.25) is 0 Å². The number of carbonyl (C=O) groups excluding carboxylic acids is 1. The van der Waals surface area contributed by atoms with Crippen LogP contribution in [0.5, 0.6) is 0 Å². The predicted molar refractivity (Wildman–Crippen MR) is 58.4 cm³/mol. The van der Waals surface area contributed by atoms with Gasteiger partial charge in [-0.15, -0.1) is 0 Å². The zero-order valence-corrected chi connectivity index (χ0v) is 7.98. The Balaban J connectivity index is 0.00000144. The molecule has 0 spiro atoms. The second kappa shape index (κ2) is 6.98. The Labute approximate surface area is 144 Å². The van der Waals surface area contributed by atoms with E-state index in [0.717, 1.165) is 18.6 Å². The van der Waals surface area contributed by atoms with Gasteiger partial charge in [-0.25, -0.2) is 0 Å². The molecule has 1 aliphatic rings. The Morgan fingerprint density at radius 3 is 2.62 bits per heavy atom. The Morgan fingerprint density at radius 1 is 1.62 bits per heavy atom. The van der Waals surface area contributed by atoms with Crippen LogP contribution in [-0.4, -0.2) is 87.2 Å². The van der Waals surface area contributed by atoms with Crippen molar-refractivity contribution in [3.8, 4) is 0 Å². The fourth-order valence-corrected chi connectivity index (χ4v) is 1.50. The van der Waals surface area contributed by atoms with Gasteiger partial charge in [0.2, 0.25) is 0 Å². The number of thiol groups is 1. The van der Waals surface area contributed by atoms with Crippen molar-refractivity contribution in [2.24, 2.45) is 5.41 Å². The van der Waals surface area contributed by atoms with E-state index in [0.29, 0.717) is 13.0 Å². The molecule has 0 saturated heterocycles. The minimum atomic E-state index is -0.124. The topological polar surface area (TPSA) is 26.3 Å². The predicted octanol–water partition coefficient (Wildman–Crippen LogP) is 1.17. The molecule has 13 heavy (non-hydrogen) atoms. The van der Waals surface area contributed by atoms with Gasteiger partial charge in [0.15, 0.2) is 0 Å². The summed E-state index contributed by atoms with van der Waals surface area (Å²) >= 11 is 4.20. The van der Waals surface area contributed by atoms with Crippen LogP contribution in [0.1, 0.15) is 19.3 Å². The first-order valence-electron chi connectivity index (χ1n) is 4.10. The standard InChI is InChI=1S/C9H14O2S.Cs.H/c1-2-5-11-8(10)6-9(7-12)3-4-9;;/h2,12H,1,3-7H2;;. The first kappa shape index (κ1) is 14.6. The van der Waals surface area contributed by atoms with Crippen molar-refractivity contribution >= 4 is 87.5 Å². The van der Waals surface area contributed by atoms with Crippen LogP contribution in [0, 0.1) is 5.41 Å². The molecule has 0 atom stereocenters. The molecule has 0 aromatic heterocycles. The van der Waals surface area contributed by atoms with E-state index in [-0.39, 0.29) is 80.3 Å². The normalized spacial score (nSPS) is 17.0. The van der Waals surface area contributed by atoms with Crippen LogP contribution in [-0.2, 0) is 9.53 Å². The monoisotopic (exact) mass is 320 g/mol. The molecule has 4 heteroatoms. The molecule has 0 aromatic carbocycles. The van der Waals surface area contributed by atoms with Gasteiger partial charge in [0.05, 0.1) is 6.42 Å². The van der Waals surface area contributed by atoms with Crippen LogP contribution in [0.3, 0.4) is 0 Å². The van der Waals surface area contributed by atoms with Crippen molar-refractivity contribution in [3.63, 3.8) is 0 Å². The molecule has 0 aliphatic heterocycles. The van der Waals surface area contributed by atoms with Gasteiger partial charge >= 0.3 is 74.9 Å². The van der Waals surface area contributed by atoms with E-state index in [2.05, 4.69) is 19.2 Å². The molecule has 0 bridgehead atoms. The van der Waals surface area contributed by atoms with Crippen molar-refractivity contribution in [3.05, 3.63) is 12.7 Å². The van der Waals surface area contributed by atoms with Crippen LogP contribution in [0.15, 0.2) is 12.7 Å². The molecule has 1 fully saturated rings. The molecule has 0 amide bonds. The van der Waals surface area contributed by atoms with Gasteiger partial charge in [-0.1, -0.05) is 12.7 Å². The van der Waals surface area contributed by atoms with Crippen molar-refractivity contribution in [1.82, 2.24) is 0 Å². The Hall–Kier alpha value is 1.61. The van der Waals surface area contributed by atoms with Crippen molar-refractivity contribution in [2.45, 2.75) is 19.3 Å². The molecular formula is C9H15CsO2S. The third-order valence-electron chi connectivity index (χ3n) is 2.17. The fourth-order valence-electron chi connectivity index (χ4n) is 1.08. The van der Waals surface area contributed by atoms with Crippen LogP contribution >= 0.6 is 12.6 Å². The van der Waals surface area contributed by atoms with Gasteiger partial charge in [0, 0.05) is 0 Å². The average molecular weight is 320 g/mol. The summed E-state index contributed by atoms with van der Waals surface area (Å²) in [5, 5.41) is 0. The second-order valence-corrected chi connectivity index (χ2v) is 3.62. The SMILES string of the molecule is C=CCOC(=O)CC1(CS)CC1.[CsH]. The zero-order chi connectivity index (χ0) is 9.03. The summed E-state index contributed by atoms with van der Waals surface area (Å²) < 4.78 is 4.88. The number of hydrogen-bond acceptors (Lipinski definition) is 3. The third kappa shape index (κ3) is 5.30. The molecule has 0 heterocycles. The number of hydrogen-bond donors (Lipinski definition) is 1. The Morgan fingerprint density at radius 2 is 2.23 bits per heavy atom. The maximum absolute atomic E-state index is 11.1. The fraction of sp³-hybridized carbons (Fsp3) is 0.667. The van der Waals surface area contributed by atoms with E-state index < -0.39 is 0 Å². The van der Waals surface area contributed by atoms with E-state index in [1.54, 1.807) is 6.08 Å². The van der Waals surface area contributed by atoms with E-state index in [9.17, 15) is 4.79 Å². The molecule has 0 radical (unpaired) electrons. The number of ether oxygens (including phenoxy) is 1. The molecule has 70 valence electrons. The quantitative estimate of drug-likeness (QED) is 0.468. The first-order chi connectivity index (χ1) is 5.72. The molecular weight excluding hydrogens is 305 g/mol. The van der Waals surface area contributed by atoms with Crippen LogP contribution in [0.25, 0.3) is 0 Å². The number of rotatable bonds is 5. The Kier molecular flexibility index (Phi) is 7.85. The molecule has 0 unspecified atom stereocenters. The van der Waals surface area contributed by atoms with Crippen LogP contribution < -0.4 is 0 Å². The summed E-state index contributed by atoms with van der Waals surface area (Å²) in [4.78, 5) is 11.1. The summed E-state index contributed by atoms with van der Waals surface area (Å²) in [6, 6.07) is 0. The Bertz CT molecular complexity index is 190. The van der Waals surface area contributed by atoms with E-state index in [1.807, 2.05) is 0 Å². The van der Waals surface area contributed by atoms with Crippen LogP contribution in [0.4, 0.5) is 0 Å².